The molecule has 1 N–H and O–H groups in total. The van der Waals surface area contributed by atoms with Crippen LogP contribution in [0.5, 0.6) is 0 Å². The summed E-state index contributed by atoms with van der Waals surface area (Å²) < 4.78 is 12.1. The zero-order valence-corrected chi connectivity index (χ0v) is 12.1. The quantitative estimate of drug-likeness (QED) is 0.832. The van der Waals surface area contributed by atoms with Crippen LogP contribution < -0.4 is 5.32 Å². The van der Waals surface area contributed by atoms with E-state index >= 15 is 0 Å². The van der Waals surface area contributed by atoms with Crippen LogP contribution >= 0.6 is 0 Å². The maximum absolute atomic E-state index is 6.12. The highest BCUT2D eigenvalue weighted by molar-refractivity contribution is 4.89. The average molecular weight is 268 g/mol. The first kappa shape index (κ1) is 13.8. The van der Waals surface area contributed by atoms with Crippen LogP contribution in [0, 0.1) is 5.92 Å². The van der Waals surface area contributed by atoms with Crippen molar-refractivity contribution in [2.24, 2.45) is 5.92 Å². The second-order valence-electron chi connectivity index (χ2n) is 6.51. The highest BCUT2D eigenvalue weighted by Gasteiger charge is 2.34. The molecule has 0 saturated carbocycles. The molecule has 0 amide bonds. The Hall–Kier alpha value is -0.160. The molecule has 0 aromatic rings. The third kappa shape index (κ3) is 3.69. The van der Waals surface area contributed by atoms with Gasteiger partial charge in [0, 0.05) is 12.6 Å². The lowest BCUT2D eigenvalue weighted by molar-refractivity contribution is -0.0930. The van der Waals surface area contributed by atoms with Crippen LogP contribution in [0.2, 0.25) is 0 Å². The molecule has 3 saturated heterocycles. The Balaban J connectivity index is 1.32. The first-order chi connectivity index (χ1) is 9.31. The van der Waals surface area contributed by atoms with E-state index in [-0.39, 0.29) is 0 Å². The molecular formula is C15H28N2O2. The molecule has 4 heteroatoms. The summed E-state index contributed by atoms with van der Waals surface area (Å²) in [4.78, 5) is 2.41. The zero-order valence-electron chi connectivity index (χ0n) is 12.1. The van der Waals surface area contributed by atoms with E-state index in [4.69, 9.17) is 9.47 Å². The van der Waals surface area contributed by atoms with Gasteiger partial charge >= 0.3 is 0 Å². The minimum Gasteiger partial charge on any atom is -0.378 e. The van der Waals surface area contributed by atoms with Gasteiger partial charge in [0.25, 0.3) is 0 Å². The molecule has 0 radical (unpaired) electrons. The number of fused-ring (bicyclic) bond motifs is 1. The summed E-state index contributed by atoms with van der Waals surface area (Å²) in [6.45, 7) is 5.31. The van der Waals surface area contributed by atoms with Crippen molar-refractivity contribution in [2.75, 3.05) is 39.9 Å². The predicted molar refractivity (Wildman–Crippen MR) is 75.3 cm³/mol. The van der Waals surface area contributed by atoms with Crippen LogP contribution in [0.15, 0.2) is 0 Å². The van der Waals surface area contributed by atoms with Crippen LogP contribution in [-0.4, -0.2) is 63.0 Å². The van der Waals surface area contributed by atoms with Gasteiger partial charge in [-0.05, 0) is 64.7 Å². The molecule has 19 heavy (non-hydrogen) atoms. The lowest BCUT2D eigenvalue weighted by Gasteiger charge is -2.33. The van der Waals surface area contributed by atoms with Gasteiger partial charge < -0.3 is 19.7 Å². The first-order valence-electron chi connectivity index (χ1n) is 7.96. The summed E-state index contributed by atoms with van der Waals surface area (Å²) in [5, 5.41) is 3.52. The van der Waals surface area contributed by atoms with E-state index in [2.05, 4.69) is 17.3 Å². The second-order valence-corrected chi connectivity index (χ2v) is 6.51. The Morgan fingerprint density at radius 3 is 2.79 bits per heavy atom. The molecule has 3 aliphatic heterocycles. The van der Waals surface area contributed by atoms with E-state index < -0.39 is 0 Å². The van der Waals surface area contributed by atoms with Gasteiger partial charge in [0.1, 0.15) is 0 Å². The minimum absolute atomic E-state index is 0.340. The first-order valence-corrected chi connectivity index (χ1v) is 7.96. The monoisotopic (exact) mass is 268 g/mol. The number of rotatable bonds is 4. The van der Waals surface area contributed by atoms with Gasteiger partial charge in [0.15, 0.2) is 0 Å². The van der Waals surface area contributed by atoms with Gasteiger partial charge in [0.05, 0.1) is 18.8 Å². The van der Waals surface area contributed by atoms with E-state index in [1.165, 1.54) is 38.8 Å². The van der Waals surface area contributed by atoms with E-state index in [0.717, 1.165) is 32.1 Å². The van der Waals surface area contributed by atoms with Gasteiger partial charge in [-0.3, -0.25) is 0 Å². The highest BCUT2D eigenvalue weighted by atomic mass is 16.5. The molecule has 3 aliphatic rings. The highest BCUT2D eigenvalue weighted by Crippen LogP contribution is 2.25. The minimum atomic E-state index is 0.340. The van der Waals surface area contributed by atoms with Gasteiger partial charge in [0.2, 0.25) is 0 Å². The maximum atomic E-state index is 6.12. The van der Waals surface area contributed by atoms with E-state index in [9.17, 15) is 0 Å². The van der Waals surface area contributed by atoms with Crippen molar-refractivity contribution in [3.05, 3.63) is 0 Å². The standard InChI is InChI=1S/C15H28N2O2/c1-17-8-5-12(6-9-17)10-18-11-13-2-3-14-15(19-13)4-7-16-14/h12-16H,2-11H2,1H3/t13-,14-,15-/m1/s1. The van der Waals surface area contributed by atoms with Crippen LogP contribution in [0.1, 0.15) is 32.1 Å². The number of piperidine rings is 1. The number of hydrogen-bond donors (Lipinski definition) is 1. The molecular weight excluding hydrogens is 240 g/mol. The van der Waals surface area contributed by atoms with Gasteiger partial charge in [-0.2, -0.15) is 0 Å². The molecule has 0 unspecified atom stereocenters. The van der Waals surface area contributed by atoms with Gasteiger partial charge in [-0.25, -0.2) is 0 Å². The van der Waals surface area contributed by atoms with Crippen LogP contribution in [-0.2, 0) is 9.47 Å². The smallest absolute Gasteiger partial charge is 0.0813 e. The van der Waals surface area contributed by atoms with Gasteiger partial charge in [-0.1, -0.05) is 0 Å². The Morgan fingerprint density at radius 1 is 1.11 bits per heavy atom. The molecule has 0 spiro atoms. The van der Waals surface area contributed by atoms with Crippen molar-refractivity contribution in [1.82, 2.24) is 10.2 Å². The molecule has 3 fully saturated rings. The van der Waals surface area contributed by atoms with Crippen LogP contribution in [0.4, 0.5) is 0 Å². The van der Waals surface area contributed by atoms with E-state index in [0.29, 0.717) is 18.2 Å². The third-order valence-corrected chi connectivity index (χ3v) is 4.95. The van der Waals surface area contributed by atoms with Crippen molar-refractivity contribution in [3.8, 4) is 0 Å². The molecule has 0 aromatic carbocycles. The Kier molecular flexibility index (Phi) is 4.74. The number of nitrogens with zero attached hydrogens (tertiary/aromatic N) is 1. The topological polar surface area (TPSA) is 33.7 Å². The molecule has 3 heterocycles. The lowest BCUT2D eigenvalue weighted by Crippen LogP contribution is -2.42. The van der Waals surface area contributed by atoms with Gasteiger partial charge in [-0.15, -0.1) is 0 Å². The molecule has 0 aliphatic carbocycles. The van der Waals surface area contributed by atoms with Crippen LogP contribution in [0.3, 0.4) is 0 Å². The van der Waals surface area contributed by atoms with Crippen molar-refractivity contribution in [1.29, 1.82) is 0 Å². The summed E-state index contributed by atoms with van der Waals surface area (Å²) >= 11 is 0. The molecule has 3 rings (SSSR count). The Labute approximate surface area is 116 Å². The predicted octanol–water partition coefficient (Wildman–Crippen LogP) is 1.25. The number of ether oxygens (including phenoxy) is 2. The van der Waals surface area contributed by atoms with Crippen molar-refractivity contribution >= 4 is 0 Å². The molecule has 3 atom stereocenters. The number of nitrogens with one attached hydrogen (secondary N) is 1. The lowest BCUT2D eigenvalue weighted by atomic mass is 9.98. The summed E-state index contributed by atoms with van der Waals surface area (Å²) in [5.74, 6) is 0.765. The summed E-state index contributed by atoms with van der Waals surface area (Å²) in [5.41, 5.74) is 0. The zero-order chi connectivity index (χ0) is 13.1. The van der Waals surface area contributed by atoms with Crippen LogP contribution in [0.25, 0.3) is 0 Å². The summed E-state index contributed by atoms with van der Waals surface area (Å²) in [7, 11) is 2.21. The molecule has 0 bridgehead atoms. The maximum Gasteiger partial charge on any atom is 0.0813 e. The van der Waals surface area contributed by atoms with E-state index in [1.54, 1.807) is 0 Å². The van der Waals surface area contributed by atoms with Crippen molar-refractivity contribution in [3.63, 3.8) is 0 Å². The normalized spacial score (nSPS) is 37.4. The fraction of sp³-hybridized carbons (Fsp3) is 1.00. The fourth-order valence-electron chi connectivity index (χ4n) is 3.59. The van der Waals surface area contributed by atoms with Crippen molar-refractivity contribution < 1.29 is 9.47 Å². The molecule has 4 nitrogen and oxygen atoms in total. The SMILES string of the molecule is CN1CCC(COC[C@H]2CC[C@H]3NCC[C@H]3O2)CC1. The second kappa shape index (κ2) is 6.53. The summed E-state index contributed by atoms with van der Waals surface area (Å²) in [6, 6.07) is 0.616. The number of hydrogen-bond acceptors (Lipinski definition) is 4. The van der Waals surface area contributed by atoms with Crippen molar-refractivity contribution in [2.45, 2.75) is 50.4 Å². The third-order valence-electron chi connectivity index (χ3n) is 4.95. The average Bonchev–Trinajstić information content (AvgIpc) is 2.88. The number of likely N-dealkylation sites (tertiary alicyclic amines) is 1. The largest absolute Gasteiger partial charge is 0.378 e. The van der Waals surface area contributed by atoms with E-state index in [1.807, 2.05) is 0 Å². The Bertz CT molecular complexity index is 279. The fourth-order valence-corrected chi connectivity index (χ4v) is 3.59. The molecule has 0 aromatic heterocycles. The Morgan fingerprint density at radius 2 is 1.95 bits per heavy atom. The molecule has 110 valence electrons. The summed E-state index contributed by atoms with van der Waals surface area (Å²) in [6.07, 6.45) is 6.95.